The fourth-order valence-electron chi connectivity index (χ4n) is 3.65. The summed E-state index contributed by atoms with van der Waals surface area (Å²) in [6, 6.07) is 6.81. The van der Waals surface area contributed by atoms with Gasteiger partial charge in [-0.1, -0.05) is 12.1 Å². The van der Waals surface area contributed by atoms with Crippen LogP contribution in [-0.4, -0.2) is 35.3 Å². The quantitative estimate of drug-likeness (QED) is 0.913. The molecule has 0 spiro atoms. The van der Waals surface area contributed by atoms with E-state index in [4.69, 9.17) is 4.74 Å². The second-order valence-electron chi connectivity index (χ2n) is 6.87. The van der Waals surface area contributed by atoms with Gasteiger partial charge in [0.15, 0.2) is 5.82 Å². The van der Waals surface area contributed by atoms with Crippen LogP contribution in [0.3, 0.4) is 0 Å². The van der Waals surface area contributed by atoms with E-state index < -0.39 is 0 Å². The molecule has 0 bridgehead atoms. The number of aromatic nitrogens is 2. The number of benzene rings is 1. The molecule has 6 nitrogen and oxygen atoms in total. The lowest BCUT2D eigenvalue weighted by Gasteiger charge is -2.33. The first-order chi connectivity index (χ1) is 12.2. The molecule has 1 aromatic carbocycles. The lowest BCUT2D eigenvalue weighted by molar-refractivity contribution is 0.356. The van der Waals surface area contributed by atoms with Crippen molar-refractivity contribution in [1.82, 2.24) is 14.9 Å². The van der Waals surface area contributed by atoms with Crippen LogP contribution in [0.25, 0.3) is 0 Å². The number of hydrogen-bond donors (Lipinski definition) is 1. The van der Waals surface area contributed by atoms with Crippen molar-refractivity contribution in [2.75, 3.05) is 24.6 Å². The van der Waals surface area contributed by atoms with Gasteiger partial charge in [0.05, 0.1) is 6.61 Å². The standard InChI is InChI=1S/C19H24N4O2/c1-22-9-7-20-18(19(22)24)23-8-2-3-16(13-23)21-12-14-4-5-17-15(11-14)6-10-25-17/h4-5,7,9,11,16,21H,2-3,6,8,10,12-13H2,1H3/t16-/m0/s1. The van der Waals surface area contributed by atoms with E-state index >= 15 is 0 Å². The van der Waals surface area contributed by atoms with Gasteiger partial charge in [-0.15, -0.1) is 0 Å². The van der Waals surface area contributed by atoms with Gasteiger partial charge in [0.1, 0.15) is 5.75 Å². The summed E-state index contributed by atoms with van der Waals surface area (Å²) >= 11 is 0. The van der Waals surface area contributed by atoms with Crippen LogP contribution in [0.15, 0.2) is 35.4 Å². The number of fused-ring (bicyclic) bond motifs is 1. The zero-order chi connectivity index (χ0) is 17.2. The maximum atomic E-state index is 12.3. The Morgan fingerprint density at radius 1 is 1.40 bits per heavy atom. The van der Waals surface area contributed by atoms with Crippen molar-refractivity contribution < 1.29 is 4.74 Å². The molecule has 0 unspecified atom stereocenters. The summed E-state index contributed by atoms with van der Waals surface area (Å²) in [5, 5.41) is 3.64. The Kier molecular flexibility index (Phi) is 4.44. The van der Waals surface area contributed by atoms with Crippen LogP contribution >= 0.6 is 0 Å². The molecule has 0 amide bonds. The third-order valence-electron chi connectivity index (χ3n) is 5.07. The van der Waals surface area contributed by atoms with Crippen LogP contribution in [0.2, 0.25) is 0 Å². The number of aryl methyl sites for hydroxylation is 1. The molecule has 4 rings (SSSR count). The van der Waals surface area contributed by atoms with E-state index in [1.807, 2.05) is 0 Å². The van der Waals surface area contributed by atoms with Crippen molar-refractivity contribution in [2.45, 2.75) is 31.8 Å². The Morgan fingerprint density at radius 3 is 3.24 bits per heavy atom. The summed E-state index contributed by atoms with van der Waals surface area (Å²) in [4.78, 5) is 18.7. The Labute approximate surface area is 147 Å². The van der Waals surface area contributed by atoms with Crippen LogP contribution in [0, 0.1) is 0 Å². The highest BCUT2D eigenvalue weighted by molar-refractivity contribution is 5.40. The number of anilines is 1. The minimum Gasteiger partial charge on any atom is -0.493 e. The van der Waals surface area contributed by atoms with Gasteiger partial charge in [0.25, 0.3) is 5.56 Å². The molecular formula is C19H24N4O2. The monoisotopic (exact) mass is 340 g/mol. The lowest BCUT2D eigenvalue weighted by atomic mass is 10.0. The molecule has 6 heteroatoms. The molecule has 0 saturated carbocycles. The molecule has 132 valence electrons. The Morgan fingerprint density at radius 2 is 2.32 bits per heavy atom. The van der Waals surface area contributed by atoms with Crippen molar-refractivity contribution in [2.24, 2.45) is 7.05 Å². The van der Waals surface area contributed by atoms with Gasteiger partial charge in [-0.05, 0) is 30.0 Å². The summed E-state index contributed by atoms with van der Waals surface area (Å²) < 4.78 is 7.16. The molecule has 3 heterocycles. The minimum absolute atomic E-state index is 0.0261. The van der Waals surface area contributed by atoms with Crippen LogP contribution in [0.1, 0.15) is 24.0 Å². The molecular weight excluding hydrogens is 316 g/mol. The first-order valence-corrected chi connectivity index (χ1v) is 8.95. The molecule has 1 fully saturated rings. The average molecular weight is 340 g/mol. The van der Waals surface area contributed by atoms with Gasteiger partial charge in [-0.2, -0.15) is 0 Å². The van der Waals surface area contributed by atoms with Gasteiger partial charge in [0, 0.05) is 51.5 Å². The topological polar surface area (TPSA) is 59.4 Å². The van der Waals surface area contributed by atoms with Crippen molar-refractivity contribution in [1.29, 1.82) is 0 Å². The highest BCUT2D eigenvalue weighted by atomic mass is 16.5. The Hall–Kier alpha value is -2.34. The van der Waals surface area contributed by atoms with E-state index in [2.05, 4.69) is 33.4 Å². The van der Waals surface area contributed by atoms with E-state index in [9.17, 15) is 4.79 Å². The fourth-order valence-corrected chi connectivity index (χ4v) is 3.65. The zero-order valence-corrected chi connectivity index (χ0v) is 14.6. The normalized spacial score (nSPS) is 19.6. The average Bonchev–Trinajstić information content (AvgIpc) is 3.10. The Balaban J connectivity index is 1.40. The first kappa shape index (κ1) is 16.1. The van der Waals surface area contributed by atoms with Crippen molar-refractivity contribution in [3.63, 3.8) is 0 Å². The number of ether oxygens (including phenoxy) is 1. The third-order valence-corrected chi connectivity index (χ3v) is 5.07. The highest BCUT2D eigenvalue weighted by Crippen LogP contribution is 2.26. The smallest absolute Gasteiger partial charge is 0.293 e. The van der Waals surface area contributed by atoms with Crippen LogP contribution in [0.5, 0.6) is 5.75 Å². The van der Waals surface area contributed by atoms with Crippen LogP contribution in [-0.2, 0) is 20.0 Å². The Bertz CT molecular complexity index is 817. The van der Waals surface area contributed by atoms with E-state index in [-0.39, 0.29) is 5.56 Å². The van der Waals surface area contributed by atoms with E-state index in [1.165, 1.54) is 11.1 Å². The third kappa shape index (κ3) is 3.39. The molecule has 2 aromatic rings. The van der Waals surface area contributed by atoms with Gasteiger partial charge in [-0.3, -0.25) is 4.79 Å². The van der Waals surface area contributed by atoms with E-state index in [0.29, 0.717) is 11.9 Å². The summed E-state index contributed by atoms with van der Waals surface area (Å²) in [6.07, 6.45) is 6.58. The lowest BCUT2D eigenvalue weighted by Crippen LogP contribution is -2.47. The molecule has 1 aromatic heterocycles. The van der Waals surface area contributed by atoms with Gasteiger partial charge in [0.2, 0.25) is 0 Å². The largest absolute Gasteiger partial charge is 0.493 e. The van der Waals surface area contributed by atoms with Gasteiger partial charge < -0.3 is 19.5 Å². The number of piperidine rings is 1. The number of hydrogen-bond acceptors (Lipinski definition) is 5. The summed E-state index contributed by atoms with van der Waals surface area (Å²) in [5.41, 5.74) is 2.57. The van der Waals surface area contributed by atoms with Crippen molar-refractivity contribution in [3.8, 4) is 5.75 Å². The van der Waals surface area contributed by atoms with E-state index in [1.54, 1.807) is 24.0 Å². The molecule has 1 atom stereocenters. The summed E-state index contributed by atoms with van der Waals surface area (Å²) in [6.45, 7) is 3.34. The number of nitrogens with zero attached hydrogens (tertiary/aromatic N) is 3. The fraction of sp³-hybridized carbons (Fsp3) is 0.474. The molecule has 1 N–H and O–H groups in total. The second-order valence-corrected chi connectivity index (χ2v) is 6.87. The maximum absolute atomic E-state index is 12.3. The van der Waals surface area contributed by atoms with Crippen LogP contribution < -0.4 is 20.5 Å². The summed E-state index contributed by atoms with van der Waals surface area (Å²) in [7, 11) is 1.77. The molecule has 0 aliphatic carbocycles. The minimum atomic E-state index is -0.0261. The van der Waals surface area contributed by atoms with Crippen molar-refractivity contribution >= 4 is 5.82 Å². The SMILES string of the molecule is Cn1ccnc(N2CCC[C@H](NCc3ccc4c(c3)CCO4)C2)c1=O. The molecule has 25 heavy (non-hydrogen) atoms. The number of rotatable bonds is 4. The predicted octanol–water partition coefficient (Wildman–Crippen LogP) is 1.47. The first-order valence-electron chi connectivity index (χ1n) is 8.95. The van der Waals surface area contributed by atoms with Gasteiger partial charge >= 0.3 is 0 Å². The summed E-state index contributed by atoms with van der Waals surface area (Å²) in [5.74, 6) is 1.59. The van der Waals surface area contributed by atoms with E-state index in [0.717, 1.165) is 51.3 Å². The molecule has 2 aliphatic heterocycles. The number of nitrogens with one attached hydrogen (secondary N) is 1. The maximum Gasteiger partial charge on any atom is 0.293 e. The molecule has 1 saturated heterocycles. The predicted molar refractivity (Wildman–Crippen MR) is 97.2 cm³/mol. The zero-order valence-electron chi connectivity index (χ0n) is 14.6. The molecule has 2 aliphatic rings. The molecule has 0 radical (unpaired) electrons. The second kappa shape index (κ2) is 6.88. The van der Waals surface area contributed by atoms with Crippen LogP contribution in [0.4, 0.5) is 5.82 Å². The van der Waals surface area contributed by atoms with Gasteiger partial charge in [-0.25, -0.2) is 4.98 Å². The van der Waals surface area contributed by atoms with Crippen molar-refractivity contribution in [3.05, 3.63) is 52.1 Å². The highest BCUT2D eigenvalue weighted by Gasteiger charge is 2.23.